The fourth-order valence-electron chi connectivity index (χ4n) is 1.94. The number of halogens is 1. The van der Waals surface area contributed by atoms with Crippen molar-refractivity contribution in [3.63, 3.8) is 0 Å². The highest BCUT2D eigenvalue weighted by molar-refractivity contribution is 9.10. The summed E-state index contributed by atoms with van der Waals surface area (Å²) in [6.07, 6.45) is -0.892. The lowest BCUT2D eigenvalue weighted by Gasteiger charge is -2.23. The molecule has 1 aromatic heterocycles. The van der Waals surface area contributed by atoms with Crippen LogP contribution in [0, 0.1) is 0 Å². The normalized spacial score (nSPS) is 12.5. The summed E-state index contributed by atoms with van der Waals surface area (Å²) in [6.45, 7) is 7.11. The second kappa shape index (κ2) is 7.17. The zero-order valence-electron chi connectivity index (χ0n) is 14.0. The highest BCUT2D eigenvalue weighted by Crippen LogP contribution is 2.20. The molecule has 2 N–H and O–H groups in total. The molecule has 6 nitrogen and oxygen atoms in total. The van der Waals surface area contributed by atoms with E-state index in [1.54, 1.807) is 6.07 Å². The highest BCUT2D eigenvalue weighted by atomic mass is 79.9. The van der Waals surface area contributed by atoms with Crippen molar-refractivity contribution in [1.82, 2.24) is 15.5 Å². The summed E-state index contributed by atoms with van der Waals surface area (Å²) < 4.78 is 6.14. The first kappa shape index (κ1) is 18.2. The summed E-state index contributed by atoms with van der Waals surface area (Å²) >= 11 is 3.37. The van der Waals surface area contributed by atoms with Gasteiger partial charge in [-0.25, -0.2) is 4.79 Å². The summed E-state index contributed by atoms with van der Waals surface area (Å²) in [5, 5.41) is 9.52. The van der Waals surface area contributed by atoms with Crippen LogP contribution in [0.2, 0.25) is 0 Å². The van der Waals surface area contributed by atoms with E-state index in [2.05, 4.69) is 31.4 Å². The van der Waals surface area contributed by atoms with E-state index >= 15 is 0 Å². The number of esters is 1. The number of nitrogens with zero attached hydrogens (tertiary/aromatic N) is 1. The number of ether oxygens (including phenoxy) is 1. The maximum Gasteiger partial charge on any atom is 0.357 e. The minimum Gasteiger partial charge on any atom is -0.448 e. The number of amides is 1. The van der Waals surface area contributed by atoms with E-state index in [4.69, 9.17) is 4.74 Å². The van der Waals surface area contributed by atoms with E-state index in [-0.39, 0.29) is 17.1 Å². The lowest BCUT2D eigenvalue weighted by Crippen LogP contribution is -2.46. The van der Waals surface area contributed by atoms with E-state index in [1.807, 2.05) is 45.0 Å². The van der Waals surface area contributed by atoms with Crippen molar-refractivity contribution >= 4 is 27.8 Å². The Balaban J connectivity index is 2.03. The van der Waals surface area contributed by atoms with Gasteiger partial charge in [0.05, 0.1) is 5.69 Å². The van der Waals surface area contributed by atoms with Gasteiger partial charge in [-0.2, -0.15) is 5.10 Å². The summed E-state index contributed by atoms with van der Waals surface area (Å²) in [4.78, 5) is 24.1. The number of nitrogens with one attached hydrogen (secondary N) is 2. The van der Waals surface area contributed by atoms with Crippen molar-refractivity contribution in [3.8, 4) is 11.3 Å². The van der Waals surface area contributed by atoms with Crippen molar-refractivity contribution in [3.05, 3.63) is 40.5 Å². The fourth-order valence-corrected chi connectivity index (χ4v) is 2.21. The van der Waals surface area contributed by atoms with E-state index in [0.29, 0.717) is 5.69 Å². The zero-order chi connectivity index (χ0) is 17.9. The molecule has 24 heavy (non-hydrogen) atoms. The smallest absolute Gasteiger partial charge is 0.357 e. The number of hydrogen-bond donors (Lipinski definition) is 2. The number of aromatic nitrogens is 2. The van der Waals surface area contributed by atoms with Crippen molar-refractivity contribution in [2.75, 3.05) is 0 Å². The van der Waals surface area contributed by atoms with Gasteiger partial charge in [0.25, 0.3) is 5.91 Å². The van der Waals surface area contributed by atoms with Crippen molar-refractivity contribution in [2.24, 2.45) is 0 Å². The van der Waals surface area contributed by atoms with Gasteiger partial charge in [-0.05, 0) is 45.9 Å². The summed E-state index contributed by atoms with van der Waals surface area (Å²) in [5.74, 6) is -0.967. The third-order valence-electron chi connectivity index (χ3n) is 3.09. The molecule has 7 heteroatoms. The molecular weight excluding hydrogens is 374 g/mol. The molecule has 128 valence electrons. The molecule has 0 bridgehead atoms. The Hall–Kier alpha value is -2.15. The number of benzene rings is 1. The number of aromatic amines is 1. The van der Waals surface area contributed by atoms with Crippen molar-refractivity contribution in [1.29, 1.82) is 0 Å². The van der Waals surface area contributed by atoms with Gasteiger partial charge in [-0.15, -0.1) is 0 Å². The Bertz CT molecular complexity index is 732. The second-order valence-corrected chi connectivity index (χ2v) is 7.38. The molecule has 2 aromatic rings. The van der Waals surface area contributed by atoms with Crippen LogP contribution < -0.4 is 5.32 Å². The summed E-state index contributed by atoms with van der Waals surface area (Å²) in [5.41, 5.74) is 1.30. The molecule has 1 unspecified atom stereocenters. The van der Waals surface area contributed by atoms with Gasteiger partial charge in [-0.3, -0.25) is 9.89 Å². The van der Waals surface area contributed by atoms with Crippen LogP contribution in [0.1, 0.15) is 38.2 Å². The molecular formula is C17H20BrN3O3. The Labute approximate surface area is 149 Å². The second-order valence-electron chi connectivity index (χ2n) is 6.46. The summed E-state index contributed by atoms with van der Waals surface area (Å²) in [7, 11) is 0. The van der Waals surface area contributed by atoms with Crippen LogP contribution in [0.25, 0.3) is 11.3 Å². The maximum absolute atomic E-state index is 12.1. The van der Waals surface area contributed by atoms with Crippen LogP contribution in [0.5, 0.6) is 0 Å². The zero-order valence-corrected chi connectivity index (χ0v) is 15.6. The molecule has 0 aliphatic carbocycles. The molecule has 1 aromatic carbocycles. The average Bonchev–Trinajstić information content (AvgIpc) is 2.96. The highest BCUT2D eigenvalue weighted by Gasteiger charge is 2.23. The third kappa shape index (κ3) is 4.92. The first-order valence-corrected chi connectivity index (χ1v) is 8.29. The Morgan fingerprint density at radius 1 is 1.25 bits per heavy atom. The quantitative estimate of drug-likeness (QED) is 0.780. The molecule has 1 heterocycles. The first-order chi connectivity index (χ1) is 11.2. The van der Waals surface area contributed by atoms with Crippen LogP contribution >= 0.6 is 15.9 Å². The standard InChI is InChI=1S/C17H20BrN3O3/c1-10(15(22)19-17(2,3)4)24-16(23)14-9-13(20-21-14)11-5-7-12(18)8-6-11/h5-10H,1-4H3,(H,19,22)(H,20,21). The minimum absolute atomic E-state index is 0.198. The first-order valence-electron chi connectivity index (χ1n) is 7.50. The van der Waals surface area contributed by atoms with Crippen LogP contribution in [0.4, 0.5) is 0 Å². The van der Waals surface area contributed by atoms with Crippen LogP contribution in [0.15, 0.2) is 34.8 Å². The molecule has 0 aliphatic heterocycles. The van der Waals surface area contributed by atoms with E-state index in [1.165, 1.54) is 6.92 Å². The van der Waals surface area contributed by atoms with Gasteiger partial charge in [0.2, 0.25) is 0 Å². The van der Waals surface area contributed by atoms with Gasteiger partial charge < -0.3 is 10.1 Å². The van der Waals surface area contributed by atoms with E-state index < -0.39 is 12.1 Å². The topological polar surface area (TPSA) is 84.1 Å². The molecule has 0 saturated carbocycles. The lowest BCUT2D eigenvalue weighted by molar-refractivity contribution is -0.130. The molecule has 2 rings (SSSR count). The third-order valence-corrected chi connectivity index (χ3v) is 3.62. The number of rotatable bonds is 4. The lowest BCUT2D eigenvalue weighted by atomic mass is 10.1. The number of hydrogen-bond acceptors (Lipinski definition) is 4. The number of carbonyl (C=O) groups excluding carboxylic acids is 2. The molecule has 0 spiro atoms. The van der Waals surface area contributed by atoms with Gasteiger partial charge in [0.15, 0.2) is 6.10 Å². The monoisotopic (exact) mass is 393 g/mol. The summed E-state index contributed by atoms with van der Waals surface area (Å²) in [6, 6.07) is 9.14. The van der Waals surface area contributed by atoms with Crippen LogP contribution in [-0.2, 0) is 9.53 Å². The van der Waals surface area contributed by atoms with Gasteiger partial charge >= 0.3 is 5.97 Å². The Kier molecular flexibility index (Phi) is 5.43. The van der Waals surface area contributed by atoms with Crippen molar-refractivity contribution in [2.45, 2.75) is 39.3 Å². The van der Waals surface area contributed by atoms with Gasteiger partial charge in [0.1, 0.15) is 5.69 Å². The molecule has 1 atom stereocenters. The fraction of sp³-hybridized carbons (Fsp3) is 0.353. The largest absolute Gasteiger partial charge is 0.448 e. The molecule has 1 amide bonds. The Morgan fingerprint density at radius 2 is 1.88 bits per heavy atom. The molecule has 0 fully saturated rings. The predicted molar refractivity (Wildman–Crippen MR) is 94.5 cm³/mol. The van der Waals surface area contributed by atoms with E-state index in [9.17, 15) is 9.59 Å². The van der Waals surface area contributed by atoms with E-state index in [0.717, 1.165) is 10.0 Å². The van der Waals surface area contributed by atoms with Crippen molar-refractivity contribution < 1.29 is 14.3 Å². The maximum atomic E-state index is 12.1. The SMILES string of the molecule is CC(OC(=O)c1cc(-c2ccc(Br)cc2)n[nH]1)C(=O)NC(C)(C)C. The van der Waals surface area contributed by atoms with Crippen LogP contribution in [0.3, 0.4) is 0 Å². The average molecular weight is 394 g/mol. The van der Waals surface area contributed by atoms with Gasteiger partial charge in [0, 0.05) is 15.6 Å². The molecule has 0 saturated heterocycles. The van der Waals surface area contributed by atoms with Crippen LogP contribution in [-0.4, -0.2) is 33.7 Å². The Morgan fingerprint density at radius 3 is 2.46 bits per heavy atom. The predicted octanol–water partition coefficient (Wildman–Crippen LogP) is 3.30. The number of H-pyrrole nitrogens is 1. The molecule has 0 radical (unpaired) electrons. The number of carbonyl (C=O) groups is 2. The minimum atomic E-state index is -0.892. The molecule has 0 aliphatic rings. The van der Waals surface area contributed by atoms with Gasteiger partial charge in [-0.1, -0.05) is 28.1 Å².